The Morgan fingerprint density at radius 1 is 0.889 bits per heavy atom. The number of alkyl halides is 6. The molecule has 0 aliphatic carbocycles. The van der Waals surface area contributed by atoms with Gasteiger partial charge in [0.25, 0.3) is 0 Å². The van der Waals surface area contributed by atoms with Crippen LogP contribution in [0.2, 0.25) is 0 Å². The summed E-state index contributed by atoms with van der Waals surface area (Å²) in [4.78, 5) is -1.79. The van der Waals surface area contributed by atoms with Crippen LogP contribution in [0, 0.1) is 0 Å². The number of sulfone groups is 2. The molecule has 0 saturated heterocycles. The van der Waals surface area contributed by atoms with Gasteiger partial charge < -0.3 is 0 Å². The van der Waals surface area contributed by atoms with Crippen molar-refractivity contribution in [3.05, 3.63) is 10.3 Å². The van der Waals surface area contributed by atoms with Crippen LogP contribution in [0.15, 0.2) is 10.3 Å². The summed E-state index contributed by atoms with van der Waals surface area (Å²) >= 11 is 0. The monoisotopic (exact) mass is 318 g/mol. The highest BCUT2D eigenvalue weighted by molar-refractivity contribution is 8.00. The van der Waals surface area contributed by atoms with Gasteiger partial charge in [0.05, 0.1) is 10.3 Å². The van der Waals surface area contributed by atoms with Crippen LogP contribution >= 0.6 is 0 Å². The number of hydrogen-bond acceptors (Lipinski definition) is 4. The lowest BCUT2D eigenvalue weighted by atomic mass is 10.3. The molecule has 0 unspecified atom stereocenters. The van der Waals surface area contributed by atoms with Gasteiger partial charge in [0.1, 0.15) is 0 Å². The van der Waals surface area contributed by atoms with Gasteiger partial charge in [0, 0.05) is 0 Å². The summed E-state index contributed by atoms with van der Waals surface area (Å²) < 4.78 is 121. The van der Waals surface area contributed by atoms with E-state index in [0.29, 0.717) is 0 Å². The van der Waals surface area contributed by atoms with E-state index in [1.54, 1.807) is 0 Å². The predicted octanol–water partition coefficient (Wildman–Crippen LogP) is 1.51. The Kier molecular flexibility index (Phi) is 2.89. The van der Waals surface area contributed by atoms with Crippen LogP contribution in [0.4, 0.5) is 26.3 Å². The molecule has 1 rings (SSSR count). The fourth-order valence-electron chi connectivity index (χ4n) is 1.07. The highest BCUT2D eigenvalue weighted by Gasteiger charge is 2.82. The molecule has 18 heavy (non-hydrogen) atoms. The van der Waals surface area contributed by atoms with E-state index in [4.69, 9.17) is 0 Å². The molecule has 0 aromatic carbocycles. The Morgan fingerprint density at radius 2 is 1.28 bits per heavy atom. The molecule has 0 atom stereocenters. The van der Waals surface area contributed by atoms with Gasteiger partial charge in [0.15, 0.2) is 0 Å². The molecule has 0 bridgehead atoms. The molecule has 0 radical (unpaired) electrons. The Morgan fingerprint density at radius 3 is 1.67 bits per heavy atom. The molecular weight excluding hydrogens is 314 g/mol. The van der Waals surface area contributed by atoms with Gasteiger partial charge in [-0.1, -0.05) is 0 Å². The highest BCUT2D eigenvalue weighted by Crippen LogP contribution is 2.54. The fourth-order valence-corrected chi connectivity index (χ4v) is 3.97. The zero-order valence-electron chi connectivity index (χ0n) is 8.29. The predicted molar refractivity (Wildman–Crippen MR) is 46.4 cm³/mol. The average Bonchev–Trinajstić information content (AvgIpc) is 2.15. The van der Waals surface area contributed by atoms with E-state index < -0.39 is 46.4 Å². The second-order valence-corrected chi connectivity index (χ2v) is 7.39. The molecule has 0 N–H and O–H groups in total. The van der Waals surface area contributed by atoms with Gasteiger partial charge in [-0.2, -0.15) is 26.3 Å². The first-order chi connectivity index (χ1) is 7.63. The van der Waals surface area contributed by atoms with Crippen molar-refractivity contribution in [3.8, 4) is 0 Å². The van der Waals surface area contributed by atoms with Crippen molar-refractivity contribution in [2.24, 2.45) is 0 Å². The van der Waals surface area contributed by atoms with E-state index in [1.165, 1.54) is 0 Å². The standard InChI is InChI=1S/C6H4F6O4S2/c1-3-2-17(13,14)5(9,10)4(7,8)6(11,12)18(3,15)16/h2H,1H3. The third-order valence-electron chi connectivity index (χ3n) is 2.17. The fraction of sp³-hybridized carbons (Fsp3) is 0.667. The quantitative estimate of drug-likeness (QED) is 0.635. The largest absolute Gasteiger partial charge is 0.418 e. The average molecular weight is 318 g/mol. The lowest BCUT2D eigenvalue weighted by molar-refractivity contribution is -0.242. The molecule has 12 heteroatoms. The van der Waals surface area contributed by atoms with Gasteiger partial charge in [-0.3, -0.25) is 0 Å². The number of allylic oxidation sites excluding steroid dienone is 1. The van der Waals surface area contributed by atoms with Crippen molar-refractivity contribution in [2.45, 2.75) is 23.4 Å². The Balaban J connectivity index is 3.94. The van der Waals surface area contributed by atoms with Crippen LogP contribution in [-0.2, 0) is 19.7 Å². The lowest BCUT2D eigenvalue weighted by Gasteiger charge is -2.28. The summed E-state index contributed by atoms with van der Waals surface area (Å²) in [5.74, 6) is -6.59. The molecule has 1 aliphatic heterocycles. The second-order valence-electron chi connectivity index (χ2n) is 3.38. The van der Waals surface area contributed by atoms with E-state index in [-0.39, 0.29) is 6.92 Å². The van der Waals surface area contributed by atoms with E-state index in [1.807, 2.05) is 0 Å². The van der Waals surface area contributed by atoms with E-state index in [2.05, 4.69) is 0 Å². The Labute approximate surface area is 97.1 Å². The van der Waals surface area contributed by atoms with Gasteiger partial charge in [-0.15, -0.1) is 0 Å². The minimum Gasteiger partial charge on any atom is -0.218 e. The first kappa shape index (κ1) is 15.3. The minimum absolute atomic E-state index is 0.207. The van der Waals surface area contributed by atoms with E-state index >= 15 is 0 Å². The summed E-state index contributed by atoms with van der Waals surface area (Å²) in [6.45, 7) is 0.207. The molecule has 0 spiro atoms. The maximum atomic E-state index is 13.0. The Bertz CT molecular complexity index is 614. The summed E-state index contributed by atoms with van der Waals surface area (Å²) in [5.41, 5.74) is 0. The summed E-state index contributed by atoms with van der Waals surface area (Å²) in [7, 11) is -12.4. The third-order valence-corrected chi connectivity index (χ3v) is 5.85. The SMILES string of the molecule is CC1=CS(=O)(=O)C(F)(F)C(F)(F)C(F)(F)S1(=O)=O. The topological polar surface area (TPSA) is 68.3 Å². The third kappa shape index (κ3) is 1.44. The van der Waals surface area contributed by atoms with E-state index in [9.17, 15) is 43.2 Å². The molecule has 106 valence electrons. The van der Waals surface area contributed by atoms with E-state index in [0.717, 1.165) is 0 Å². The molecule has 0 amide bonds. The number of halogens is 6. The first-order valence-corrected chi connectivity index (χ1v) is 6.97. The van der Waals surface area contributed by atoms with Crippen molar-refractivity contribution >= 4 is 19.7 Å². The molecule has 4 nitrogen and oxygen atoms in total. The summed E-state index contributed by atoms with van der Waals surface area (Å²) in [5, 5.41) is -13.3. The molecule has 1 aliphatic rings. The van der Waals surface area contributed by atoms with Gasteiger partial charge in [0.2, 0.25) is 19.7 Å². The maximum Gasteiger partial charge on any atom is 0.418 e. The lowest BCUT2D eigenvalue weighted by Crippen LogP contribution is -2.58. The molecule has 1 heterocycles. The van der Waals surface area contributed by atoms with Crippen molar-refractivity contribution < 1.29 is 43.2 Å². The zero-order valence-corrected chi connectivity index (χ0v) is 9.93. The van der Waals surface area contributed by atoms with Crippen LogP contribution in [0.3, 0.4) is 0 Å². The van der Waals surface area contributed by atoms with Gasteiger partial charge >= 0.3 is 16.4 Å². The molecule has 0 aromatic heterocycles. The molecule has 0 aromatic rings. The van der Waals surface area contributed by atoms with Crippen molar-refractivity contribution in [1.29, 1.82) is 0 Å². The smallest absolute Gasteiger partial charge is 0.218 e. The van der Waals surface area contributed by atoms with Crippen LogP contribution in [0.25, 0.3) is 0 Å². The van der Waals surface area contributed by atoms with Crippen molar-refractivity contribution in [1.82, 2.24) is 0 Å². The van der Waals surface area contributed by atoms with Crippen LogP contribution < -0.4 is 0 Å². The van der Waals surface area contributed by atoms with Crippen LogP contribution in [0.5, 0.6) is 0 Å². The number of hydrogen-bond donors (Lipinski definition) is 0. The zero-order chi connectivity index (χ0) is 14.8. The Hall–Kier alpha value is -0.780. The van der Waals surface area contributed by atoms with Crippen molar-refractivity contribution in [3.63, 3.8) is 0 Å². The van der Waals surface area contributed by atoms with Crippen LogP contribution in [-0.4, -0.2) is 33.3 Å². The normalized spacial score (nSPS) is 31.2. The maximum absolute atomic E-state index is 13.0. The van der Waals surface area contributed by atoms with Gasteiger partial charge in [-0.05, 0) is 6.92 Å². The van der Waals surface area contributed by atoms with Gasteiger partial charge in [-0.25, -0.2) is 16.8 Å². The second kappa shape index (κ2) is 3.40. The summed E-state index contributed by atoms with van der Waals surface area (Å²) in [6.07, 6.45) is 0. The molecular formula is C6H4F6O4S2. The molecule has 0 saturated carbocycles. The van der Waals surface area contributed by atoms with Crippen LogP contribution in [0.1, 0.15) is 6.92 Å². The first-order valence-electron chi connectivity index (χ1n) is 3.94. The molecule has 0 fully saturated rings. The minimum atomic E-state index is -6.59. The summed E-state index contributed by atoms with van der Waals surface area (Å²) in [6, 6.07) is 0. The van der Waals surface area contributed by atoms with Crippen molar-refractivity contribution in [2.75, 3.05) is 0 Å². The number of rotatable bonds is 0. The highest BCUT2D eigenvalue weighted by atomic mass is 32.2.